The summed E-state index contributed by atoms with van der Waals surface area (Å²) >= 11 is 0. The van der Waals surface area contributed by atoms with Crippen molar-refractivity contribution in [3.8, 4) is 0 Å². The molecular formula is C18H35NNa2O5. The molecular weight excluding hydrogens is 356 g/mol. The Labute approximate surface area is 204 Å². The fourth-order valence-electron chi connectivity index (χ4n) is 2.59. The maximum Gasteiger partial charge on any atom is 1.00 e. The summed E-state index contributed by atoms with van der Waals surface area (Å²) in [6.07, 6.45) is 12.7. The predicted molar refractivity (Wildman–Crippen MR) is 95.1 cm³/mol. The van der Waals surface area contributed by atoms with Crippen LogP contribution >= 0.6 is 0 Å². The summed E-state index contributed by atoms with van der Waals surface area (Å²) < 4.78 is 0. The van der Waals surface area contributed by atoms with Crippen LogP contribution in [0.25, 0.3) is 0 Å². The van der Waals surface area contributed by atoms with Crippen molar-refractivity contribution in [2.75, 3.05) is 0 Å². The van der Waals surface area contributed by atoms with Gasteiger partial charge in [0.2, 0.25) is 5.91 Å². The van der Waals surface area contributed by atoms with Crippen molar-refractivity contribution in [3.63, 3.8) is 0 Å². The van der Waals surface area contributed by atoms with E-state index in [2.05, 4.69) is 12.2 Å². The molecule has 0 fully saturated rings. The van der Waals surface area contributed by atoms with Crippen molar-refractivity contribution in [2.24, 2.45) is 0 Å². The zero-order valence-corrected chi connectivity index (χ0v) is 20.9. The van der Waals surface area contributed by atoms with Crippen LogP contribution in [0.3, 0.4) is 0 Å². The third-order valence-corrected chi connectivity index (χ3v) is 4.02. The molecule has 0 aromatic rings. The molecule has 8 heteroatoms. The van der Waals surface area contributed by atoms with E-state index in [1.165, 1.54) is 51.4 Å². The van der Waals surface area contributed by atoms with Gasteiger partial charge in [0.25, 0.3) is 0 Å². The van der Waals surface area contributed by atoms with E-state index in [9.17, 15) is 14.4 Å². The number of carboxylic acids is 2. The minimum absolute atomic E-state index is 0. The first-order valence-electron chi connectivity index (χ1n) is 9.21. The fraction of sp³-hybridized carbons (Fsp3) is 0.833. The Bertz CT molecular complexity index is 391. The second-order valence-electron chi connectivity index (χ2n) is 6.34. The van der Waals surface area contributed by atoms with E-state index in [4.69, 9.17) is 10.2 Å². The van der Waals surface area contributed by atoms with E-state index in [0.717, 1.165) is 12.8 Å². The van der Waals surface area contributed by atoms with Gasteiger partial charge in [-0.05, 0) is 6.42 Å². The molecule has 0 aliphatic rings. The molecule has 0 heterocycles. The summed E-state index contributed by atoms with van der Waals surface area (Å²) in [5.41, 5.74) is 0. The number of amides is 1. The molecule has 0 spiro atoms. The van der Waals surface area contributed by atoms with Crippen LogP contribution in [-0.2, 0) is 14.4 Å². The van der Waals surface area contributed by atoms with E-state index >= 15 is 0 Å². The van der Waals surface area contributed by atoms with Crippen LogP contribution in [0.5, 0.6) is 0 Å². The average Bonchev–Trinajstić information content (AvgIpc) is 2.51. The van der Waals surface area contributed by atoms with Crippen molar-refractivity contribution in [1.29, 1.82) is 0 Å². The van der Waals surface area contributed by atoms with Crippen molar-refractivity contribution >= 4 is 17.8 Å². The SMILES string of the molecule is CCCCCCCCCCCCCC(=O)N[C@@H](CC(=O)O)C(=O)O.[H-].[H-].[Na+].[Na+]. The Morgan fingerprint density at radius 3 is 1.62 bits per heavy atom. The Kier molecular flexibility index (Phi) is 26.0. The number of carboxylic acid groups (broad SMARTS) is 2. The standard InChI is InChI=1S/C18H33NO5.2Na.2H/c1-2-3-4-5-6-7-8-9-10-11-12-13-16(20)19-15(18(23)24)14-17(21)22;;;;/h15H,2-14H2,1H3,(H,19,20)(H,21,22)(H,23,24);;;;/q;2*+1;2*-1/t15-;;;;/m0..../s1. The van der Waals surface area contributed by atoms with Crippen LogP contribution in [0.4, 0.5) is 0 Å². The molecule has 0 aliphatic carbocycles. The molecule has 6 nitrogen and oxygen atoms in total. The largest absolute Gasteiger partial charge is 1.00 e. The first-order valence-corrected chi connectivity index (χ1v) is 9.21. The van der Waals surface area contributed by atoms with E-state index in [1.807, 2.05) is 0 Å². The van der Waals surface area contributed by atoms with Crippen LogP contribution in [0.15, 0.2) is 0 Å². The molecule has 3 N–H and O–H groups in total. The summed E-state index contributed by atoms with van der Waals surface area (Å²) in [6.45, 7) is 2.22. The Hall–Kier alpha value is 0.410. The van der Waals surface area contributed by atoms with Gasteiger partial charge in [-0.2, -0.15) is 0 Å². The zero-order chi connectivity index (χ0) is 18.2. The molecule has 1 atom stereocenters. The maximum atomic E-state index is 11.6. The molecule has 0 aromatic carbocycles. The monoisotopic (exact) mass is 391 g/mol. The van der Waals surface area contributed by atoms with Crippen LogP contribution in [0, 0.1) is 0 Å². The van der Waals surface area contributed by atoms with Crippen molar-refractivity contribution in [3.05, 3.63) is 0 Å². The van der Waals surface area contributed by atoms with E-state index in [0.29, 0.717) is 6.42 Å². The molecule has 0 aromatic heterocycles. The van der Waals surface area contributed by atoms with E-state index < -0.39 is 24.4 Å². The van der Waals surface area contributed by atoms with Crippen LogP contribution in [-0.4, -0.2) is 34.1 Å². The van der Waals surface area contributed by atoms with Gasteiger partial charge in [-0.1, -0.05) is 71.1 Å². The molecule has 0 bridgehead atoms. The topological polar surface area (TPSA) is 104 Å². The quantitative estimate of drug-likeness (QED) is 0.208. The van der Waals surface area contributed by atoms with Gasteiger partial charge in [-0.3, -0.25) is 9.59 Å². The summed E-state index contributed by atoms with van der Waals surface area (Å²) in [7, 11) is 0. The number of unbranched alkanes of at least 4 members (excludes halogenated alkanes) is 10. The number of carbonyl (C=O) groups excluding carboxylic acids is 1. The number of carbonyl (C=O) groups is 3. The molecule has 0 unspecified atom stereocenters. The normalized spacial score (nSPS) is 11.0. The fourth-order valence-corrected chi connectivity index (χ4v) is 2.59. The average molecular weight is 391 g/mol. The minimum atomic E-state index is -1.34. The van der Waals surface area contributed by atoms with Gasteiger partial charge in [0, 0.05) is 6.42 Å². The number of nitrogens with one attached hydrogen (secondary N) is 1. The van der Waals surface area contributed by atoms with Gasteiger partial charge in [0.1, 0.15) is 6.04 Å². The van der Waals surface area contributed by atoms with E-state index in [-0.39, 0.29) is 74.3 Å². The number of aliphatic carboxylic acids is 2. The van der Waals surface area contributed by atoms with Crippen molar-refractivity contribution in [2.45, 2.75) is 96.4 Å². The van der Waals surface area contributed by atoms with Crippen molar-refractivity contribution in [1.82, 2.24) is 5.32 Å². The molecule has 0 saturated carbocycles. The first kappa shape index (κ1) is 31.1. The van der Waals surface area contributed by atoms with Gasteiger partial charge in [-0.25, -0.2) is 4.79 Å². The molecule has 0 saturated heterocycles. The molecule has 0 aliphatic heterocycles. The Morgan fingerprint density at radius 2 is 1.23 bits per heavy atom. The second-order valence-corrected chi connectivity index (χ2v) is 6.34. The van der Waals surface area contributed by atoms with Crippen LogP contribution in [0.2, 0.25) is 0 Å². The third kappa shape index (κ3) is 20.7. The van der Waals surface area contributed by atoms with Crippen molar-refractivity contribution < 1.29 is 86.6 Å². The first-order chi connectivity index (χ1) is 11.5. The Balaban J connectivity index is -0.000000441. The minimum Gasteiger partial charge on any atom is -1.00 e. The van der Waals surface area contributed by atoms with Crippen LogP contribution < -0.4 is 64.4 Å². The smallest absolute Gasteiger partial charge is 1.00 e. The molecule has 26 heavy (non-hydrogen) atoms. The zero-order valence-electron chi connectivity index (χ0n) is 18.9. The van der Waals surface area contributed by atoms with Gasteiger partial charge in [0.15, 0.2) is 0 Å². The molecule has 1 amide bonds. The molecule has 144 valence electrons. The van der Waals surface area contributed by atoms with Gasteiger partial charge in [0.05, 0.1) is 6.42 Å². The summed E-state index contributed by atoms with van der Waals surface area (Å²) in [6, 6.07) is -1.34. The number of rotatable bonds is 16. The second kappa shape index (κ2) is 21.7. The third-order valence-electron chi connectivity index (χ3n) is 4.02. The van der Waals surface area contributed by atoms with Crippen LogP contribution in [0.1, 0.15) is 93.2 Å². The summed E-state index contributed by atoms with van der Waals surface area (Å²) in [5, 5.41) is 19.7. The maximum absolute atomic E-state index is 11.6. The Morgan fingerprint density at radius 1 is 0.808 bits per heavy atom. The molecule has 0 radical (unpaired) electrons. The number of hydrogen-bond donors (Lipinski definition) is 3. The van der Waals surface area contributed by atoms with E-state index in [1.54, 1.807) is 0 Å². The predicted octanol–water partition coefficient (Wildman–Crippen LogP) is -2.04. The van der Waals surface area contributed by atoms with Gasteiger partial charge < -0.3 is 18.4 Å². The van der Waals surface area contributed by atoms with Gasteiger partial charge >= 0.3 is 71.1 Å². The summed E-state index contributed by atoms with van der Waals surface area (Å²) in [5.74, 6) is -2.94. The molecule has 0 rings (SSSR count). The summed E-state index contributed by atoms with van der Waals surface area (Å²) in [4.78, 5) is 33.0. The van der Waals surface area contributed by atoms with Gasteiger partial charge in [-0.15, -0.1) is 0 Å². The number of hydrogen-bond acceptors (Lipinski definition) is 3.